The van der Waals surface area contributed by atoms with Crippen LogP contribution in [0, 0.1) is 5.82 Å². The van der Waals surface area contributed by atoms with E-state index < -0.39 is 0 Å². The van der Waals surface area contributed by atoms with Gasteiger partial charge in [-0.3, -0.25) is 0 Å². The van der Waals surface area contributed by atoms with E-state index in [9.17, 15) is 4.39 Å². The van der Waals surface area contributed by atoms with Crippen LogP contribution in [-0.4, -0.2) is 42.3 Å². The quantitative estimate of drug-likeness (QED) is 0.463. The predicted octanol–water partition coefficient (Wildman–Crippen LogP) is 1.71. The van der Waals surface area contributed by atoms with E-state index in [2.05, 4.69) is 20.6 Å². The van der Waals surface area contributed by atoms with Gasteiger partial charge in [0.1, 0.15) is 5.82 Å². The van der Waals surface area contributed by atoms with Gasteiger partial charge in [0.05, 0.1) is 25.2 Å². The van der Waals surface area contributed by atoms with E-state index >= 15 is 0 Å². The molecule has 2 aromatic rings. The van der Waals surface area contributed by atoms with Gasteiger partial charge in [-0.25, -0.2) is 14.4 Å². The fraction of sp³-hybridized carbons (Fsp3) is 0.375. The third-order valence-corrected chi connectivity index (χ3v) is 3.16. The molecule has 1 aromatic carbocycles. The molecule has 0 amide bonds. The SMILES string of the molecule is CCNC(=NCc1ccc(-n2ccnc2)c(F)c1)NCCOC. The fourth-order valence-corrected chi connectivity index (χ4v) is 2.04. The smallest absolute Gasteiger partial charge is 0.191 e. The molecule has 0 unspecified atom stereocenters. The molecular weight excluding hydrogens is 297 g/mol. The van der Waals surface area contributed by atoms with E-state index in [0.29, 0.717) is 31.3 Å². The van der Waals surface area contributed by atoms with Crippen LogP contribution in [0.3, 0.4) is 0 Å². The molecular formula is C16H22FN5O. The van der Waals surface area contributed by atoms with Gasteiger partial charge in [-0.1, -0.05) is 6.07 Å². The molecule has 0 aliphatic heterocycles. The molecule has 0 saturated carbocycles. The third kappa shape index (κ3) is 5.07. The maximum atomic E-state index is 14.2. The standard InChI is InChI=1S/C16H22FN5O/c1-3-19-16(20-7-9-23-2)21-11-13-4-5-15(14(17)10-13)22-8-6-18-12-22/h4-6,8,10,12H,3,7,9,11H2,1-2H3,(H2,19,20,21). The van der Waals surface area contributed by atoms with Gasteiger partial charge in [-0.15, -0.1) is 0 Å². The van der Waals surface area contributed by atoms with E-state index in [1.807, 2.05) is 13.0 Å². The summed E-state index contributed by atoms with van der Waals surface area (Å²) >= 11 is 0. The molecule has 23 heavy (non-hydrogen) atoms. The van der Waals surface area contributed by atoms with Gasteiger partial charge in [0, 0.05) is 32.6 Å². The highest BCUT2D eigenvalue weighted by molar-refractivity contribution is 5.79. The van der Waals surface area contributed by atoms with Crippen LogP contribution in [0.15, 0.2) is 41.9 Å². The lowest BCUT2D eigenvalue weighted by atomic mass is 10.2. The molecule has 1 heterocycles. The number of aliphatic imine (C=N–C) groups is 1. The van der Waals surface area contributed by atoms with Crippen LogP contribution < -0.4 is 10.6 Å². The second kappa shape index (κ2) is 8.89. The Balaban J connectivity index is 2.03. The topological polar surface area (TPSA) is 63.5 Å². The highest BCUT2D eigenvalue weighted by Crippen LogP contribution is 2.15. The van der Waals surface area contributed by atoms with Crippen LogP contribution in [0.4, 0.5) is 4.39 Å². The van der Waals surface area contributed by atoms with Crippen molar-refractivity contribution in [2.75, 3.05) is 26.8 Å². The van der Waals surface area contributed by atoms with E-state index in [1.165, 1.54) is 6.07 Å². The van der Waals surface area contributed by atoms with Crippen molar-refractivity contribution in [1.29, 1.82) is 0 Å². The van der Waals surface area contributed by atoms with Gasteiger partial charge in [-0.2, -0.15) is 0 Å². The van der Waals surface area contributed by atoms with Crippen LogP contribution in [0.25, 0.3) is 5.69 Å². The zero-order valence-corrected chi connectivity index (χ0v) is 13.4. The molecule has 0 fully saturated rings. The average Bonchev–Trinajstić information content (AvgIpc) is 3.07. The van der Waals surface area contributed by atoms with Crippen molar-refractivity contribution in [2.24, 2.45) is 4.99 Å². The monoisotopic (exact) mass is 319 g/mol. The predicted molar refractivity (Wildman–Crippen MR) is 88.2 cm³/mol. The summed E-state index contributed by atoms with van der Waals surface area (Å²) < 4.78 is 20.8. The molecule has 2 N–H and O–H groups in total. The Kier molecular flexibility index (Phi) is 6.56. The van der Waals surface area contributed by atoms with Crippen molar-refractivity contribution in [1.82, 2.24) is 20.2 Å². The first-order valence-corrected chi connectivity index (χ1v) is 7.52. The zero-order valence-electron chi connectivity index (χ0n) is 13.4. The van der Waals surface area contributed by atoms with Gasteiger partial charge >= 0.3 is 0 Å². The first kappa shape index (κ1) is 17.0. The first-order valence-electron chi connectivity index (χ1n) is 7.52. The molecule has 2 rings (SSSR count). The molecule has 0 spiro atoms. The Morgan fingerprint density at radius 1 is 1.39 bits per heavy atom. The van der Waals surface area contributed by atoms with Crippen molar-refractivity contribution in [3.8, 4) is 5.69 Å². The normalized spacial score (nSPS) is 11.5. The Bertz CT molecular complexity index is 627. The first-order chi connectivity index (χ1) is 11.2. The van der Waals surface area contributed by atoms with Crippen molar-refractivity contribution >= 4 is 5.96 Å². The van der Waals surface area contributed by atoms with E-state index in [0.717, 1.165) is 12.1 Å². The summed E-state index contributed by atoms with van der Waals surface area (Å²) in [6.45, 7) is 4.40. The number of nitrogens with zero attached hydrogens (tertiary/aromatic N) is 3. The number of hydrogen-bond donors (Lipinski definition) is 2. The zero-order chi connectivity index (χ0) is 16.5. The van der Waals surface area contributed by atoms with Crippen LogP contribution in [0.1, 0.15) is 12.5 Å². The number of rotatable bonds is 7. The molecule has 124 valence electrons. The number of aromatic nitrogens is 2. The largest absolute Gasteiger partial charge is 0.383 e. The summed E-state index contributed by atoms with van der Waals surface area (Å²) in [6.07, 6.45) is 4.89. The minimum Gasteiger partial charge on any atom is -0.383 e. The summed E-state index contributed by atoms with van der Waals surface area (Å²) in [5, 5.41) is 6.29. The molecule has 1 aromatic heterocycles. The minimum absolute atomic E-state index is 0.298. The molecule has 0 aliphatic rings. The number of halogens is 1. The highest BCUT2D eigenvalue weighted by atomic mass is 19.1. The number of imidazole rings is 1. The summed E-state index contributed by atoms with van der Waals surface area (Å²) in [7, 11) is 1.65. The number of methoxy groups -OCH3 is 1. The lowest BCUT2D eigenvalue weighted by Gasteiger charge is -2.11. The number of ether oxygens (including phenoxy) is 1. The Morgan fingerprint density at radius 3 is 2.91 bits per heavy atom. The Hall–Kier alpha value is -2.41. The average molecular weight is 319 g/mol. The van der Waals surface area contributed by atoms with E-state index in [1.54, 1.807) is 36.5 Å². The van der Waals surface area contributed by atoms with E-state index in [4.69, 9.17) is 4.74 Å². The molecule has 0 bridgehead atoms. The van der Waals surface area contributed by atoms with Gasteiger partial charge in [-0.05, 0) is 24.6 Å². The number of benzene rings is 1. The number of hydrogen-bond acceptors (Lipinski definition) is 3. The molecule has 6 nitrogen and oxygen atoms in total. The Morgan fingerprint density at radius 2 is 2.26 bits per heavy atom. The summed E-state index contributed by atoms with van der Waals surface area (Å²) in [6, 6.07) is 5.09. The van der Waals surface area contributed by atoms with Crippen molar-refractivity contribution < 1.29 is 9.13 Å². The van der Waals surface area contributed by atoms with Crippen LogP contribution in [0.2, 0.25) is 0 Å². The molecule has 0 atom stereocenters. The second-order valence-electron chi connectivity index (χ2n) is 4.87. The number of guanidine groups is 1. The van der Waals surface area contributed by atoms with Gasteiger partial charge in [0.15, 0.2) is 5.96 Å². The number of nitrogens with one attached hydrogen (secondary N) is 2. The summed E-state index contributed by atoms with van der Waals surface area (Å²) in [5.41, 5.74) is 1.27. The van der Waals surface area contributed by atoms with Crippen molar-refractivity contribution in [3.05, 3.63) is 48.3 Å². The fourth-order valence-electron chi connectivity index (χ4n) is 2.04. The van der Waals surface area contributed by atoms with Crippen LogP contribution in [0.5, 0.6) is 0 Å². The lowest BCUT2D eigenvalue weighted by Crippen LogP contribution is -2.38. The molecule has 7 heteroatoms. The molecule has 0 saturated heterocycles. The summed E-state index contributed by atoms with van der Waals surface area (Å²) in [4.78, 5) is 8.37. The van der Waals surface area contributed by atoms with Gasteiger partial charge in [0.25, 0.3) is 0 Å². The highest BCUT2D eigenvalue weighted by Gasteiger charge is 2.05. The van der Waals surface area contributed by atoms with Crippen molar-refractivity contribution in [2.45, 2.75) is 13.5 Å². The summed E-state index contributed by atoms with van der Waals surface area (Å²) in [5.74, 6) is 0.386. The third-order valence-electron chi connectivity index (χ3n) is 3.16. The maximum absolute atomic E-state index is 14.2. The maximum Gasteiger partial charge on any atom is 0.191 e. The van der Waals surface area contributed by atoms with Crippen LogP contribution in [-0.2, 0) is 11.3 Å². The van der Waals surface area contributed by atoms with E-state index in [-0.39, 0.29) is 5.82 Å². The molecule has 0 aliphatic carbocycles. The van der Waals surface area contributed by atoms with Crippen molar-refractivity contribution in [3.63, 3.8) is 0 Å². The Labute approximate surface area is 135 Å². The lowest BCUT2D eigenvalue weighted by molar-refractivity contribution is 0.203. The minimum atomic E-state index is -0.298. The van der Waals surface area contributed by atoms with Crippen LogP contribution >= 0.6 is 0 Å². The van der Waals surface area contributed by atoms with Gasteiger partial charge < -0.3 is 19.9 Å². The second-order valence-corrected chi connectivity index (χ2v) is 4.87. The van der Waals surface area contributed by atoms with Gasteiger partial charge in [0.2, 0.25) is 0 Å². The molecule has 0 radical (unpaired) electrons.